The summed E-state index contributed by atoms with van der Waals surface area (Å²) in [5.74, 6) is 0.948. The predicted molar refractivity (Wildman–Crippen MR) is 206 cm³/mol. The molecule has 0 aliphatic heterocycles. The molecule has 0 saturated heterocycles. The Bertz CT molecular complexity index is 2830. The maximum atomic E-state index is 5.24. The first kappa shape index (κ1) is 27.5. The van der Waals surface area contributed by atoms with Crippen LogP contribution in [0.25, 0.3) is 78.1 Å². The van der Waals surface area contributed by atoms with Crippen LogP contribution in [0.1, 0.15) is 61.3 Å². The molecule has 3 aliphatic carbocycles. The first-order valence-electron chi connectivity index (χ1n) is 17.8. The van der Waals surface area contributed by atoms with Gasteiger partial charge in [-0.25, -0.2) is 4.98 Å². The van der Waals surface area contributed by atoms with Crippen molar-refractivity contribution < 1.29 is 0 Å². The van der Waals surface area contributed by atoms with E-state index >= 15 is 0 Å². The van der Waals surface area contributed by atoms with Crippen molar-refractivity contribution in [3.8, 4) is 16.8 Å². The fraction of sp³-hybridized carbons (Fsp3) is 0.196. The summed E-state index contributed by atoms with van der Waals surface area (Å²) in [5, 5.41) is 6.56. The molecule has 8 aromatic rings. The molecule has 2 atom stereocenters. The van der Waals surface area contributed by atoms with Crippen molar-refractivity contribution in [2.45, 2.75) is 46.0 Å². The van der Waals surface area contributed by atoms with Crippen molar-refractivity contribution >= 4 is 61.3 Å². The van der Waals surface area contributed by atoms with Gasteiger partial charge in [0.05, 0.1) is 16.6 Å². The lowest BCUT2D eigenvalue weighted by Gasteiger charge is -2.35. The average molecular weight is 632 g/mol. The standard InChI is InChI=1S/C46H37N3/c1-26-17-20-31-35-24-28-10-9-13-37-42(28)43(33-11-5-6-12-36(33)46(37,3)4)44(35)48(40(31)22-26)29-18-21-32-34(25-29)30-19-16-27(2)23-41(30)49-39-15-8-7-14-38(39)47-45(32)49/h5-21,24-27H,22-23H2,1-4H3. The molecule has 0 bridgehead atoms. The first-order valence-corrected chi connectivity index (χ1v) is 17.8. The van der Waals surface area contributed by atoms with Crippen LogP contribution in [-0.4, -0.2) is 14.0 Å². The van der Waals surface area contributed by atoms with E-state index < -0.39 is 0 Å². The Morgan fingerprint density at radius 3 is 2.29 bits per heavy atom. The highest BCUT2D eigenvalue weighted by Gasteiger charge is 2.36. The molecule has 0 fully saturated rings. The van der Waals surface area contributed by atoms with Crippen LogP contribution < -0.4 is 0 Å². The zero-order valence-corrected chi connectivity index (χ0v) is 28.4. The minimum absolute atomic E-state index is 0.0904. The van der Waals surface area contributed by atoms with Gasteiger partial charge in [0.2, 0.25) is 0 Å². The molecule has 11 rings (SSSR count). The van der Waals surface area contributed by atoms with Gasteiger partial charge in [-0.2, -0.15) is 0 Å². The van der Waals surface area contributed by atoms with E-state index in [-0.39, 0.29) is 5.41 Å². The number of aromatic nitrogens is 3. The summed E-state index contributed by atoms with van der Waals surface area (Å²) in [6.45, 7) is 9.45. The molecule has 49 heavy (non-hydrogen) atoms. The van der Waals surface area contributed by atoms with Crippen molar-refractivity contribution in [1.82, 2.24) is 14.0 Å². The lowest BCUT2D eigenvalue weighted by molar-refractivity contribution is 0.645. The monoisotopic (exact) mass is 631 g/mol. The molecule has 0 radical (unpaired) electrons. The Kier molecular flexibility index (Phi) is 5.27. The second-order valence-electron chi connectivity index (χ2n) is 15.3. The number of para-hydroxylation sites is 2. The third-order valence-corrected chi connectivity index (χ3v) is 11.9. The van der Waals surface area contributed by atoms with Crippen LogP contribution in [0.5, 0.6) is 0 Å². The Hall–Kier alpha value is -5.41. The quantitative estimate of drug-likeness (QED) is 0.177. The lowest BCUT2D eigenvalue weighted by Crippen LogP contribution is -2.23. The van der Waals surface area contributed by atoms with Crippen molar-refractivity contribution in [3.63, 3.8) is 0 Å². The summed E-state index contributed by atoms with van der Waals surface area (Å²) in [6, 6.07) is 34.3. The van der Waals surface area contributed by atoms with Gasteiger partial charge in [0.25, 0.3) is 0 Å². The third-order valence-electron chi connectivity index (χ3n) is 11.9. The molecule has 0 spiro atoms. The van der Waals surface area contributed by atoms with Gasteiger partial charge in [0.1, 0.15) is 5.65 Å². The highest BCUT2D eigenvalue weighted by molar-refractivity contribution is 6.18. The summed E-state index contributed by atoms with van der Waals surface area (Å²) in [7, 11) is 0. The molecule has 3 heterocycles. The minimum Gasteiger partial charge on any atom is -0.312 e. The Morgan fingerprint density at radius 2 is 1.43 bits per heavy atom. The number of allylic oxidation sites excluding steroid dienone is 2. The summed E-state index contributed by atoms with van der Waals surface area (Å²) >= 11 is 0. The molecule has 0 saturated carbocycles. The van der Waals surface area contributed by atoms with E-state index in [2.05, 4.69) is 152 Å². The number of fused-ring (bicyclic) bond motifs is 14. The van der Waals surface area contributed by atoms with E-state index in [0.29, 0.717) is 11.8 Å². The average Bonchev–Trinajstić information content (AvgIpc) is 3.66. The smallest absolute Gasteiger partial charge is 0.146 e. The SMILES string of the molecule is CC1C=Cc2c(n(-c3ccc4c(c3)c3c(n5c6ccccc6nc45)CC(C)C=C3)c3c4c5c(cccc5cc23)C(C)(C)c2ccccc2-4)C1. The largest absolute Gasteiger partial charge is 0.312 e. The second-order valence-corrected chi connectivity index (χ2v) is 15.3. The summed E-state index contributed by atoms with van der Waals surface area (Å²) < 4.78 is 5.07. The summed E-state index contributed by atoms with van der Waals surface area (Å²) in [4.78, 5) is 5.24. The normalized spacial score (nSPS) is 18.9. The molecule has 0 amide bonds. The molecule has 3 aliphatic rings. The van der Waals surface area contributed by atoms with Crippen molar-refractivity contribution in [3.05, 3.63) is 137 Å². The van der Waals surface area contributed by atoms with Crippen LogP contribution in [0.4, 0.5) is 0 Å². The number of rotatable bonds is 1. The maximum Gasteiger partial charge on any atom is 0.146 e. The highest BCUT2D eigenvalue weighted by Crippen LogP contribution is 2.53. The van der Waals surface area contributed by atoms with Gasteiger partial charge >= 0.3 is 0 Å². The predicted octanol–water partition coefficient (Wildman–Crippen LogP) is 11.5. The van der Waals surface area contributed by atoms with Gasteiger partial charge in [-0.05, 0) is 93.9 Å². The molecule has 3 heteroatoms. The van der Waals surface area contributed by atoms with E-state index in [1.54, 1.807) is 0 Å². The van der Waals surface area contributed by atoms with Gasteiger partial charge in [0.15, 0.2) is 0 Å². The number of nitrogens with zero attached hydrogens (tertiary/aromatic N) is 3. The Labute approximate surface area is 285 Å². The molecule has 3 nitrogen and oxygen atoms in total. The van der Waals surface area contributed by atoms with Crippen LogP contribution in [0.15, 0.2) is 103 Å². The molecule has 236 valence electrons. The van der Waals surface area contributed by atoms with Gasteiger partial charge in [0, 0.05) is 50.0 Å². The van der Waals surface area contributed by atoms with Gasteiger partial charge in [-0.15, -0.1) is 0 Å². The zero-order chi connectivity index (χ0) is 32.8. The molecular formula is C46H37N3. The van der Waals surface area contributed by atoms with E-state index in [4.69, 9.17) is 4.98 Å². The molecule has 2 unspecified atom stereocenters. The lowest BCUT2D eigenvalue weighted by atomic mass is 9.68. The van der Waals surface area contributed by atoms with Crippen LogP contribution in [-0.2, 0) is 18.3 Å². The first-order chi connectivity index (χ1) is 23.9. The van der Waals surface area contributed by atoms with E-state index in [1.165, 1.54) is 88.4 Å². The van der Waals surface area contributed by atoms with Crippen molar-refractivity contribution in [2.24, 2.45) is 11.8 Å². The van der Waals surface area contributed by atoms with Gasteiger partial charge in [-0.3, -0.25) is 4.40 Å². The van der Waals surface area contributed by atoms with Crippen molar-refractivity contribution in [2.75, 3.05) is 0 Å². The Morgan fingerprint density at radius 1 is 0.694 bits per heavy atom. The van der Waals surface area contributed by atoms with Crippen LogP contribution in [0.2, 0.25) is 0 Å². The molecular weight excluding hydrogens is 595 g/mol. The van der Waals surface area contributed by atoms with Crippen molar-refractivity contribution in [1.29, 1.82) is 0 Å². The number of hydrogen-bond acceptors (Lipinski definition) is 1. The third kappa shape index (κ3) is 3.50. The Balaban J connectivity index is 1.31. The fourth-order valence-corrected chi connectivity index (χ4v) is 9.64. The fourth-order valence-electron chi connectivity index (χ4n) is 9.64. The molecule has 3 aromatic heterocycles. The van der Waals surface area contributed by atoms with Gasteiger partial charge < -0.3 is 4.57 Å². The summed E-state index contributed by atoms with van der Waals surface area (Å²) in [6.07, 6.45) is 11.6. The summed E-state index contributed by atoms with van der Waals surface area (Å²) in [5.41, 5.74) is 16.8. The van der Waals surface area contributed by atoms with Crippen LogP contribution in [0.3, 0.4) is 0 Å². The minimum atomic E-state index is -0.0904. The van der Waals surface area contributed by atoms with Crippen LogP contribution >= 0.6 is 0 Å². The number of benzene rings is 5. The molecule has 0 N–H and O–H groups in total. The highest BCUT2D eigenvalue weighted by atomic mass is 15.0. The molecule has 5 aromatic carbocycles. The second kappa shape index (κ2) is 9.39. The number of imidazole rings is 1. The zero-order valence-electron chi connectivity index (χ0n) is 28.4. The number of pyridine rings is 1. The van der Waals surface area contributed by atoms with E-state index in [1.807, 2.05) is 0 Å². The number of hydrogen-bond donors (Lipinski definition) is 0. The van der Waals surface area contributed by atoms with E-state index in [0.717, 1.165) is 24.0 Å². The van der Waals surface area contributed by atoms with Crippen LogP contribution in [0, 0.1) is 11.8 Å². The maximum absolute atomic E-state index is 5.24. The topological polar surface area (TPSA) is 22.2 Å². The van der Waals surface area contributed by atoms with Gasteiger partial charge in [-0.1, -0.05) is 107 Å². The van der Waals surface area contributed by atoms with E-state index in [9.17, 15) is 0 Å².